The van der Waals surface area contributed by atoms with Crippen LogP contribution >= 0.6 is 0 Å². The minimum Gasteiger partial charge on any atom is -0.462 e. The lowest BCUT2D eigenvalue weighted by molar-refractivity contribution is -0.218. The van der Waals surface area contributed by atoms with Crippen molar-refractivity contribution >= 4 is 5.97 Å². The van der Waals surface area contributed by atoms with Crippen molar-refractivity contribution in [1.29, 1.82) is 0 Å². The summed E-state index contributed by atoms with van der Waals surface area (Å²) in [5, 5.41) is 10.2. The molecule has 4 aliphatic rings. The topological polar surface area (TPSA) is 46.5 Å². The van der Waals surface area contributed by atoms with E-state index >= 15 is 0 Å². The smallest absolute Gasteiger partial charge is 0.302 e. The van der Waals surface area contributed by atoms with E-state index in [-0.39, 0.29) is 34.9 Å². The SMILES string of the molecule is C=C1CC23CC1CCC2C1(C)CCCC(C)(CO)C1CC3OC(C)=O. The van der Waals surface area contributed by atoms with Crippen LogP contribution in [0.3, 0.4) is 0 Å². The highest BCUT2D eigenvalue weighted by atomic mass is 16.5. The van der Waals surface area contributed by atoms with Crippen molar-refractivity contribution in [1.82, 2.24) is 0 Å². The molecule has 0 aromatic carbocycles. The second kappa shape index (κ2) is 5.58. The first-order chi connectivity index (χ1) is 11.7. The second-order valence-electron chi connectivity index (χ2n) is 10.2. The summed E-state index contributed by atoms with van der Waals surface area (Å²) in [6, 6.07) is 0. The predicted molar refractivity (Wildman–Crippen MR) is 97.8 cm³/mol. The van der Waals surface area contributed by atoms with Gasteiger partial charge in [-0.3, -0.25) is 4.79 Å². The highest BCUT2D eigenvalue weighted by Crippen LogP contribution is 2.72. The van der Waals surface area contributed by atoms with E-state index < -0.39 is 0 Å². The maximum absolute atomic E-state index is 11.9. The molecule has 0 aliphatic heterocycles. The van der Waals surface area contributed by atoms with Crippen molar-refractivity contribution in [3.63, 3.8) is 0 Å². The molecule has 7 atom stereocenters. The number of fused-ring (bicyclic) bond motifs is 3. The number of aliphatic hydroxyl groups excluding tert-OH is 1. The number of carbonyl (C=O) groups is 1. The molecule has 0 radical (unpaired) electrons. The molecule has 25 heavy (non-hydrogen) atoms. The molecule has 3 heteroatoms. The van der Waals surface area contributed by atoms with E-state index in [9.17, 15) is 9.90 Å². The third-order valence-electron chi connectivity index (χ3n) is 8.91. The number of hydrogen-bond donors (Lipinski definition) is 1. The predicted octanol–water partition coefficient (Wildman–Crippen LogP) is 4.49. The molecule has 0 aromatic heterocycles. The van der Waals surface area contributed by atoms with Crippen LogP contribution in [0.15, 0.2) is 12.2 Å². The third-order valence-corrected chi connectivity index (χ3v) is 8.91. The van der Waals surface area contributed by atoms with Crippen LogP contribution in [0.25, 0.3) is 0 Å². The minimum absolute atomic E-state index is 0.000833. The summed E-state index contributed by atoms with van der Waals surface area (Å²) in [6.07, 6.45) is 9.15. The standard InChI is InChI=1S/C22H34O3/c1-14-11-22-12-16(14)6-7-17(22)21(4)9-5-8-20(3,13-23)18(21)10-19(22)25-15(2)24/h16-19,23H,1,5-13H2,2-4H3. The van der Waals surface area contributed by atoms with Gasteiger partial charge < -0.3 is 9.84 Å². The van der Waals surface area contributed by atoms with Gasteiger partial charge in [-0.1, -0.05) is 32.4 Å². The van der Waals surface area contributed by atoms with E-state index in [0.29, 0.717) is 17.8 Å². The number of ether oxygens (including phenoxy) is 1. The number of hydrogen-bond acceptors (Lipinski definition) is 3. The van der Waals surface area contributed by atoms with Gasteiger partial charge in [-0.05, 0) is 73.5 Å². The van der Waals surface area contributed by atoms with Crippen LogP contribution in [0.5, 0.6) is 0 Å². The Hall–Kier alpha value is -0.830. The highest BCUT2D eigenvalue weighted by molar-refractivity contribution is 5.66. The van der Waals surface area contributed by atoms with Crippen molar-refractivity contribution < 1.29 is 14.6 Å². The summed E-state index contributed by atoms with van der Waals surface area (Å²) in [6.45, 7) is 10.9. The molecule has 0 saturated heterocycles. The summed E-state index contributed by atoms with van der Waals surface area (Å²) < 4.78 is 6.00. The van der Waals surface area contributed by atoms with Crippen LogP contribution < -0.4 is 0 Å². The molecule has 3 nitrogen and oxygen atoms in total. The van der Waals surface area contributed by atoms with Gasteiger partial charge in [-0.25, -0.2) is 0 Å². The van der Waals surface area contributed by atoms with Crippen LogP contribution in [0.2, 0.25) is 0 Å². The zero-order valence-corrected chi connectivity index (χ0v) is 16.1. The van der Waals surface area contributed by atoms with E-state index in [1.165, 1.54) is 31.3 Å². The maximum Gasteiger partial charge on any atom is 0.302 e. The monoisotopic (exact) mass is 346 g/mol. The molecule has 1 N–H and O–H groups in total. The lowest BCUT2D eigenvalue weighted by Crippen LogP contribution is -2.62. The molecule has 140 valence electrons. The number of aliphatic hydroxyl groups is 1. The molecule has 4 saturated carbocycles. The van der Waals surface area contributed by atoms with Gasteiger partial charge in [-0.2, -0.15) is 0 Å². The van der Waals surface area contributed by atoms with Crippen LogP contribution in [0.4, 0.5) is 0 Å². The van der Waals surface area contributed by atoms with E-state index in [1.54, 1.807) is 6.92 Å². The molecule has 0 heterocycles. The normalized spacial score (nSPS) is 51.6. The van der Waals surface area contributed by atoms with Gasteiger partial charge in [0.05, 0.1) is 0 Å². The Balaban J connectivity index is 1.80. The Morgan fingerprint density at radius 3 is 2.72 bits per heavy atom. The van der Waals surface area contributed by atoms with E-state index in [4.69, 9.17) is 4.74 Å². The number of allylic oxidation sites excluding steroid dienone is 1. The molecular formula is C22H34O3. The third kappa shape index (κ3) is 2.30. The van der Waals surface area contributed by atoms with Crippen LogP contribution in [0, 0.1) is 34.0 Å². The van der Waals surface area contributed by atoms with Gasteiger partial charge in [0.25, 0.3) is 0 Å². The fraction of sp³-hybridized carbons (Fsp3) is 0.864. The second-order valence-corrected chi connectivity index (χ2v) is 10.2. The number of carbonyl (C=O) groups excluding carboxylic acids is 1. The molecule has 4 rings (SSSR count). The molecule has 4 fully saturated rings. The van der Waals surface area contributed by atoms with Gasteiger partial charge in [-0.15, -0.1) is 0 Å². The van der Waals surface area contributed by atoms with Crippen molar-refractivity contribution in [2.75, 3.05) is 6.61 Å². The quantitative estimate of drug-likeness (QED) is 0.592. The van der Waals surface area contributed by atoms with Gasteiger partial charge in [0.2, 0.25) is 0 Å². The molecule has 1 spiro atoms. The fourth-order valence-electron chi connectivity index (χ4n) is 7.92. The Morgan fingerprint density at radius 1 is 1.28 bits per heavy atom. The summed E-state index contributed by atoms with van der Waals surface area (Å²) >= 11 is 0. The molecular weight excluding hydrogens is 312 g/mol. The number of rotatable bonds is 2. The Bertz CT molecular complexity index is 598. The Morgan fingerprint density at radius 2 is 2.04 bits per heavy atom. The first-order valence-corrected chi connectivity index (χ1v) is 10.2. The zero-order valence-electron chi connectivity index (χ0n) is 16.1. The van der Waals surface area contributed by atoms with E-state index in [0.717, 1.165) is 25.7 Å². The minimum atomic E-state index is -0.150. The first kappa shape index (κ1) is 17.6. The van der Waals surface area contributed by atoms with Crippen LogP contribution in [-0.2, 0) is 9.53 Å². The average molecular weight is 347 g/mol. The summed E-state index contributed by atoms with van der Waals surface area (Å²) in [4.78, 5) is 11.9. The average Bonchev–Trinajstić information content (AvgIpc) is 2.79. The molecule has 4 aliphatic carbocycles. The van der Waals surface area contributed by atoms with Crippen molar-refractivity contribution in [2.24, 2.45) is 34.0 Å². The first-order valence-electron chi connectivity index (χ1n) is 10.2. The molecule has 0 amide bonds. The van der Waals surface area contributed by atoms with E-state index in [1.807, 2.05) is 0 Å². The van der Waals surface area contributed by atoms with E-state index in [2.05, 4.69) is 20.4 Å². The van der Waals surface area contributed by atoms with Gasteiger partial charge >= 0.3 is 5.97 Å². The molecule has 7 unspecified atom stereocenters. The maximum atomic E-state index is 11.9. The fourth-order valence-corrected chi connectivity index (χ4v) is 7.92. The zero-order chi connectivity index (χ0) is 18.0. The van der Waals surface area contributed by atoms with Gasteiger partial charge in [0.1, 0.15) is 6.10 Å². The van der Waals surface area contributed by atoms with Gasteiger partial charge in [0, 0.05) is 18.9 Å². The Labute approximate surface area is 152 Å². The van der Waals surface area contributed by atoms with Crippen molar-refractivity contribution in [3.05, 3.63) is 12.2 Å². The highest BCUT2D eigenvalue weighted by Gasteiger charge is 2.67. The molecule has 2 bridgehead atoms. The molecule has 0 aromatic rings. The summed E-state index contributed by atoms with van der Waals surface area (Å²) in [5.41, 5.74) is 1.70. The van der Waals surface area contributed by atoms with Crippen LogP contribution in [-0.4, -0.2) is 23.8 Å². The summed E-state index contributed by atoms with van der Waals surface area (Å²) in [5.74, 6) is 1.50. The largest absolute Gasteiger partial charge is 0.462 e. The Kier molecular flexibility index (Phi) is 3.92. The van der Waals surface area contributed by atoms with Crippen molar-refractivity contribution in [3.8, 4) is 0 Å². The lowest BCUT2D eigenvalue weighted by Gasteiger charge is -2.65. The summed E-state index contributed by atoms with van der Waals surface area (Å²) in [7, 11) is 0. The lowest BCUT2D eigenvalue weighted by atomic mass is 9.40. The van der Waals surface area contributed by atoms with Crippen molar-refractivity contribution in [2.45, 2.75) is 78.2 Å². The van der Waals surface area contributed by atoms with Crippen LogP contribution in [0.1, 0.15) is 72.1 Å². The van der Waals surface area contributed by atoms with Gasteiger partial charge in [0.15, 0.2) is 0 Å². The number of esters is 1.